The number of hydrazone groups is 1. The Kier molecular flexibility index (Phi) is 3.53. The first kappa shape index (κ1) is 15.9. The van der Waals surface area contributed by atoms with Crippen molar-refractivity contribution < 1.29 is 4.74 Å². The summed E-state index contributed by atoms with van der Waals surface area (Å²) in [5, 5.41) is 11.8. The summed E-state index contributed by atoms with van der Waals surface area (Å²) >= 11 is 1.75. The summed E-state index contributed by atoms with van der Waals surface area (Å²) in [7, 11) is 0. The van der Waals surface area contributed by atoms with Crippen LogP contribution in [0.4, 0.5) is 0 Å². The quantitative estimate of drug-likeness (QED) is 0.416. The predicted molar refractivity (Wildman–Crippen MR) is 114 cm³/mol. The van der Waals surface area contributed by atoms with Crippen molar-refractivity contribution in [3.8, 4) is 5.75 Å². The lowest BCUT2D eigenvalue weighted by molar-refractivity contribution is -0.0180. The van der Waals surface area contributed by atoms with Gasteiger partial charge in [0.2, 0.25) is 6.23 Å². The van der Waals surface area contributed by atoms with Gasteiger partial charge in [-0.2, -0.15) is 5.10 Å². The van der Waals surface area contributed by atoms with E-state index in [0.29, 0.717) is 0 Å². The number of ether oxygens (including phenoxy) is 1. The van der Waals surface area contributed by atoms with Gasteiger partial charge in [0.25, 0.3) is 0 Å². The highest BCUT2D eigenvalue weighted by molar-refractivity contribution is 7.12. The molecule has 3 nitrogen and oxygen atoms in total. The number of benzene rings is 3. The van der Waals surface area contributed by atoms with Gasteiger partial charge in [-0.3, -0.25) is 0 Å². The third-order valence-electron chi connectivity index (χ3n) is 5.59. The van der Waals surface area contributed by atoms with Crippen LogP contribution in [0.3, 0.4) is 0 Å². The zero-order chi connectivity index (χ0) is 18.5. The Morgan fingerprint density at radius 2 is 1.68 bits per heavy atom. The van der Waals surface area contributed by atoms with Crippen molar-refractivity contribution in [3.05, 3.63) is 100 Å². The van der Waals surface area contributed by atoms with Crippen molar-refractivity contribution in [2.45, 2.75) is 18.7 Å². The fourth-order valence-corrected chi connectivity index (χ4v) is 5.02. The summed E-state index contributed by atoms with van der Waals surface area (Å²) in [6.07, 6.45) is 0.672. The summed E-state index contributed by atoms with van der Waals surface area (Å²) in [5.74, 6) is 0.962. The van der Waals surface area contributed by atoms with E-state index in [1.54, 1.807) is 11.3 Å². The number of hydrogen-bond donors (Lipinski definition) is 0. The molecule has 0 fully saturated rings. The van der Waals surface area contributed by atoms with Crippen molar-refractivity contribution in [2.24, 2.45) is 5.10 Å². The van der Waals surface area contributed by atoms with Crippen molar-refractivity contribution >= 4 is 27.8 Å². The van der Waals surface area contributed by atoms with Crippen LogP contribution in [0.25, 0.3) is 10.8 Å². The first-order valence-electron chi connectivity index (χ1n) is 9.51. The van der Waals surface area contributed by atoms with Gasteiger partial charge in [0.05, 0.1) is 16.6 Å². The number of hydrogen-bond acceptors (Lipinski definition) is 4. The Morgan fingerprint density at radius 1 is 0.857 bits per heavy atom. The first-order valence-corrected chi connectivity index (χ1v) is 10.4. The topological polar surface area (TPSA) is 24.8 Å². The first-order chi connectivity index (χ1) is 13.9. The second-order valence-electron chi connectivity index (χ2n) is 7.20. The van der Waals surface area contributed by atoms with Crippen LogP contribution in [0, 0.1) is 0 Å². The van der Waals surface area contributed by atoms with Gasteiger partial charge in [-0.15, -0.1) is 11.3 Å². The number of para-hydroxylation sites is 1. The van der Waals surface area contributed by atoms with Gasteiger partial charge in [-0.1, -0.05) is 66.7 Å². The lowest BCUT2D eigenvalue weighted by Crippen LogP contribution is -2.33. The molecular formula is C24H18N2OS. The van der Waals surface area contributed by atoms with Gasteiger partial charge in [0.1, 0.15) is 5.75 Å². The molecule has 3 heterocycles. The summed E-state index contributed by atoms with van der Waals surface area (Å²) in [6, 6.07) is 27.7. The highest BCUT2D eigenvalue weighted by Gasteiger charge is 2.41. The lowest BCUT2D eigenvalue weighted by Gasteiger charge is -2.38. The zero-order valence-corrected chi connectivity index (χ0v) is 16.0. The van der Waals surface area contributed by atoms with Crippen LogP contribution in [0.2, 0.25) is 0 Å². The largest absolute Gasteiger partial charge is 0.464 e. The van der Waals surface area contributed by atoms with E-state index in [4.69, 9.17) is 9.84 Å². The maximum Gasteiger partial charge on any atom is 0.214 e. The second kappa shape index (κ2) is 6.21. The van der Waals surface area contributed by atoms with Gasteiger partial charge >= 0.3 is 0 Å². The maximum absolute atomic E-state index is 6.53. The summed E-state index contributed by atoms with van der Waals surface area (Å²) < 4.78 is 6.53. The van der Waals surface area contributed by atoms with Crippen LogP contribution in [-0.2, 0) is 0 Å². The molecule has 2 aliphatic rings. The molecule has 4 heteroatoms. The minimum absolute atomic E-state index is 0.200. The minimum atomic E-state index is -0.233. The molecule has 6 rings (SSSR count). The molecule has 0 spiro atoms. The third-order valence-corrected chi connectivity index (χ3v) is 6.51. The molecule has 0 N–H and O–H groups in total. The monoisotopic (exact) mass is 382 g/mol. The molecule has 0 unspecified atom stereocenters. The highest BCUT2D eigenvalue weighted by atomic mass is 32.1. The summed E-state index contributed by atoms with van der Waals surface area (Å²) in [4.78, 5) is 1.24. The van der Waals surface area contributed by atoms with E-state index in [2.05, 4.69) is 83.2 Å². The lowest BCUT2D eigenvalue weighted by atomic mass is 9.96. The van der Waals surface area contributed by atoms with Crippen LogP contribution in [-0.4, -0.2) is 10.7 Å². The Morgan fingerprint density at radius 3 is 2.61 bits per heavy atom. The fourth-order valence-electron chi connectivity index (χ4n) is 4.30. The van der Waals surface area contributed by atoms with Crippen molar-refractivity contribution in [3.63, 3.8) is 0 Å². The molecule has 28 heavy (non-hydrogen) atoms. The summed E-state index contributed by atoms with van der Waals surface area (Å²) in [5.41, 5.74) is 3.52. The van der Waals surface area contributed by atoms with Gasteiger partial charge in [0, 0.05) is 17.5 Å². The van der Waals surface area contributed by atoms with Crippen LogP contribution in [0.15, 0.2) is 89.3 Å². The number of thiophene rings is 1. The SMILES string of the molecule is c1csc(C2=NN3[C@@H](c4cccc5ccccc45)Oc4ccccc4[C@@H]3C2)c1. The van der Waals surface area contributed by atoms with E-state index in [9.17, 15) is 0 Å². The number of fused-ring (bicyclic) bond motifs is 4. The van der Waals surface area contributed by atoms with Crippen LogP contribution < -0.4 is 4.74 Å². The fraction of sp³-hybridized carbons (Fsp3) is 0.125. The second-order valence-corrected chi connectivity index (χ2v) is 8.15. The van der Waals surface area contributed by atoms with E-state index in [0.717, 1.165) is 23.4 Å². The van der Waals surface area contributed by atoms with E-state index < -0.39 is 0 Å². The molecule has 1 aromatic heterocycles. The molecular weight excluding hydrogens is 364 g/mol. The van der Waals surface area contributed by atoms with Crippen LogP contribution in [0.1, 0.15) is 34.7 Å². The van der Waals surface area contributed by atoms with E-state index in [1.807, 2.05) is 6.07 Å². The Hall–Kier alpha value is -3.11. The van der Waals surface area contributed by atoms with Crippen molar-refractivity contribution in [2.75, 3.05) is 0 Å². The van der Waals surface area contributed by atoms with Crippen molar-refractivity contribution in [1.29, 1.82) is 0 Å². The molecule has 0 radical (unpaired) electrons. The Balaban J connectivity index is 1.53. The van der Waals surface area contributed by atoms with E-state index in [1.165, 1.54) is 21.2 Å². The molecule has 0 amide bonds. The molecule has 0 saturated heterocycles. The zero-order valence-electron chi connectivity index (χ0n) is 15.2. The van der Waals surface area contributed by atoms with E-state index in [-0.39, 0.29) is 12.3 Å². The third kappa shape index (κ3) is 2.38. The van der Waals surface area contributed by atoms with Crippen LogP contribution in [0.5, 0.6) is 5.75 Å². The molecule has 136 valence electrons. The smallest absolute Gasteiger partial charge is 0.214 e. The molecule has 2 atom stereocenters. The molecule has 0 bridgehead atoms. The standard InChI is InChI=1S/C24H18N2OS/c1-2-9-17-16(7-1)8-5-11-18(17)24-26-21(19-10-3-4-12-22(19)27-24)15-20(25-26)23-13-6-14-28-23/h1-14,21,24H,15H2/t21-,24+/m0/s1. The van der Waals surface area contributed by atoms with Gasteiger partial charge in [-0.05, 0) is 28.3 Å². The van der Waals surface area contributed by atoms with E-state index >= 15 is 0 Å². The molecule has 0 saturated carbocycles. The maximum atomic E-state index is 6.53. The average Bonchev–Trinajstić information content (AvgIpc) is 3.43. The molecule has 0 aliphatic carbocycles. The van der Waals surface area contributed by atoms with Gasteiger partial charge in [-0.25, -0.2) is 5.01 Å². The Labute approximate surface area is 167 Å². The predicted octanol–water partition coefficient (Wildman–Crippen LogP) is 6.14. The molecule has 4 aromatic rings. The number of nitrogens with zero attached hydrogens (tertiary/aromatic N) is 2. The van der Waals surface area contributed by atoms with Gasteiger partial charge in [0.15, 0.2) is 0 Å². The number of rotatable bonds is 2. The Bertz CT molecular complexity index is 1190. The highest BCUT2D eigenvalue weighted by Crippen LogP contribution is 2.48. The molecule has 2 aliphatic heterocycles. The molecule has 3 aromatic carbocycles. The normalized spacial score (nSPS) is 20.4. The summed E-state index contributed by atoms with van der Waals surface area (Å²) in [6.45, 7) is 0. The average molecular weight is 382 g/mol. The van der Waals surface area contributed by atoms with Gasteiger partial charge < -0.3 is 4.74 Å². The minimum Gasteiger partial charge on any atom is -0.464 e. The van der Waals surface area contributed by atoms with Crippen LogP contribution >= 0.6 is 11.3 Å². The van der Waals surface area contributed by atoms with Crippen molar-refractivity contribution in [1.82, 2.24) is 5.01 Å².